The minimum Gasteiger partial charge on any atom is -0.493 e. The zero-order valence-corrected chi connectivity index (χ0v) is 13.9. The number of ether oxygens (including phenoxy) is 2. The highest BCUT2D eigenvalue weighted by atomic mass is 32.2. The summed E-state index contributed by atoms with van der Waals surface area (Å²) in [6.45, 7) is 3.38. The van der Waals surface area contributed by atoms with Gasteiger partial charge in [0.2, 0.25) is 10.0 Å². The van der Waals surface area contributed by atoms with Gasteiger partial charge in [0.25, 0.3) is 0 Å². The van der Waals surface area contributed by atoms with Crippen molar-refractivity contribution in [3.63, 3.8) is 0 Å². The summed E-state index contributed by atoms with van der Waals surface area (Å²) < 4.78 is 35.4. The van der Waals surface area contributed by atoms with E-state index in [9.17, 15) is 8.42 Å². The van der Waals surface area contributed by atoms with Crippen LogP contribution in [0.15, 0.2) is 18.2 Å². The van der Waals surface area contributed by atoms with Crippen LogP contribution in [0.5, 0.6) is 11.5 Å². The third-order valence-electron chi connectivity index (χ3n) is 2.97. The molecule has 21 heavy (non-hydrogen) atoms. The third kappa shape index (κ3) is 5.18. The summed E-state index contributed by atoms with van der Waals surface area (Å²) in [6.07, 6.45) is 0. The lowest BCUT2D eigenvalue weighted by molar-refractivity contribution is 0.308. The summed E-state index contributed by atoms with van der Waals surface area (Å²) in [7, 11) is 1.49. The van der Waals surface area contributed by atoms with Crippen molar-refractivity contribution in [1.82, 2.24) is 9.62 Å². The highest BCUT2D eigenvalue weighted by molar-refractivity contribution is 7.89. The summed E-state index contributed by atoms with van der Waals surface area (Å²) in [6, 6.07) is 5.66. The van der Waals surface area contributed by atoms with Crippen molar-refractivity contribution in [1.29, 1.82) is 0 Å². The Hall–Kier alpha value is -1.31. The van der Waals surface area contributed by atoms with Crippen LogP contribution in [0, 0.1) is 0 Å². The van der Waals surface area contributed by atoms with Crippen LogP contribution >= 0.6 is 0 Å². The van der Waals surface area contributed by atoms with Crippen LogP contribution in [0.25, 0.3) is 0 Å². The highest BCUT2D eigenvalue weighted by Crippen LogP contribution is 2.30. The monoisotopic (exact) mass is 316 g/mol. The predicted octanol–water partition coefficient (Wildman–Crippen LogP) is 1.07. The second-order valence-corrected chi connectivity index (χ2v) is 6.96. The Bertz CT molecular complexity index is 544. The summed E-state index contributed by atoms with van der Waals surface area (Å²) in [5, 5.41) is 3.12. The van der Waals surface area contributed by atoms with Crippen molar-refractivity contribution in [2.24, 2.45) is 0 Å². The van der Waals surface area contributed by atoms with Crippen LogP contribution in [-0.2, 0) is 16.6 Å². The first-order valence-electron chi connectivity index (χ1n) is 6.82. The summed E-state index contributed by atoms with van der Waals surface area (Å²) >= 11 is 0. The Kier molecular flexibility index (Phi) is 6.94. The molecule has 0 atom stereocenters. The first-order valence-corrected chi connectivity index (χ1v) is 8.43. The summed E-state index contributed by atoms with van der Waals surface area (Å²) in [5.41, 5.74) is 0.936. The van der Waals surface area contributed by atoms with Crippen molar-refractivity contribution in [3.8, 4) is 11.5 Å². The SMILES string of the molecule is CCOc1cccc(CNCCS(=O)(=O)N(C)C)c1OC. The number of nitrogens with one attached hydrogen (secondary N) is 1. The molecule has 120 valence electrons. The van der Waals surface area contributed by atoms with E-state index >= 15 is 0 Å². The van der Waals surface area contributed by atoms with E-state index in [0.717, 1.165) is 5.56 Å². The maximum absolute atomic E-state index is 11.6. The maximum atomic E-state index is 11.6. The molecule has 7 heteroatoms. The van der Waals surface area contributed by atoms with E-state index in [1.165, 1.54) is 18.4 Å². The number of benzene rings is 1. The largest absolute Gasteiger partial charge is 0.493 e. The molecular weight excluding hydrogens is 292 g/mol. The van der Waals surface area contributed by atoms with Crippen LogP contribution in [0.1, 0.15) is 12.5 Å². The molecule has 0 fully saturated rings. The second-order valence-electron chi connectivity index (χ2n) is 4.66. The van der Waals surface area contributed by atoms with E-state index in [4.69, 9.17) is 9.47 Å². The molecule has 1 aromatic rings. The molecule has 0 bridgehead atoms. The number of rotatable bonds is 9. The molecule has 1 aromatic carbocycles. The molecule has 0 heterocycles. The number of methoxy groups -OCH3 is 1. The molecule has 0 unspecified atom stereocenters. The minimum atomic E-state index is -3.17. The number of sulfonamides is 1. The molecule has 0 amide bonds. The summed E-state index contributed by atoms with van der Waals surface area (Å²) in [4.78, 5) is 0. The molecule has 0 aliphatic carbocycles. The Morgan fingerprint density at radius 3 is 2.57 bits per heavy atom. The average Bonchev–Trinajstić information content (AvgIpc) is 2.44. The molecular formula is C14H24N2O4S. The van der Waals surface area contributed by atoms with Crippen LogP contribution in [0.4, 0.5) is 0 Å². The molecule has 0 aliphatic heterocycles. The fourth-order valence-electron chi connectivity index (χ4n) is 1.81. The number of hydrogen-bond acceptors (Lipinski definition) is 5. The van der Waals surface area contributed by atoms with E-state index in [-0.39, 0.29) is 5.75 Å². The maximum Gasteiger partial charge on any atom is 0.214 e. The third-order valence-corrected chi connectivity index (χ3v) is 4.81. The first-order chi connectivity index (χ1) is 9.92. The van der Waals surface area contributed by atoms with Crippen LogP contribution in [-0.4, -0.2) is 52.8 Å². The topological polar surface area (TPSA) is 67.9 Å². The van der Waals surface area contributed by atoms with Crippen molar-refractivity contribution >= 4 is 10.0 Å². The van der Waals surface area contributed by atoms with Gasteiger partial charge >= 0.3 is 0 Å². The lowest BCUT2D eigenvalue weighted by atomic mass is 10.2. The van der Waals surface area contributed by atoms with Gasteiger partial charge in [0.1, 0.15) is 0 Å². The lowest BCUT2D eigenvalue weighted by Gasteiger charge is -2.15. The van der Waals surface area contributed by atoms with E-state index in [0.29, 0.717) is 31.2 Å². The Morgan fingerprint density at radius 2 is 2.00 bits per heavy atom. The van der Waals surface area contributed by atoms with Gasteiger partial charge in [0, 0.05) is 32.7 Å². The van der Waals surface area contributed by atoms with E-state index in [1.54, 1.807) is 7.11 Å². The van der Waals surface area contributed by atoms with Gasteiger partial charge in [-0.05, 0) is 13.0 Å². The predicted molar refractivity (Wildman–Crippen MR) is 83.3 cm³/mol. The van der Waals surface area contributed by atoms with Crippen molar-refractivity contribution in [3.05, 3.63) is 23.8 Å². The Balaban J connectivity index is 2.62. The van der Waals surface area contributed by atoms with Crippen molar-refractivity contribution in [2.75, 3.05) is 40.1 Å². The van der Waals surface area contributed by atoms with Gasteiger partial charge in [-0.1, -0.05) is 12.1 Å². The van der Waals surface area contributed by atoms with Crippen LogP contribution in [0.3, 0.4) is 0 Å². The average molecular weight is 316 g/mol. The van der Waals surface area contributed by atoms with Gasteiger partial charge in [-0.3, -0.25) is 0 Å². The number of para-hydroxylation sites is 1. The van der Waals surface area contributed by atoms with E-state index in [1.807, 2.05) is 25.1 Å². The fraction of sp³-hybridized carbons (Fsp3) is 0.571. The molecule has 6 nitrogen and oxygen atoms in total. The van der Waals surface area contributed by atoms with Crippen molar-refractivity contribution < 1.29 is 17.9 Å². The molecule has 0 saturated heterocycles. The Labute approximate surface area is 127 Å². The molecule has 0 saturated carbocycles. The van der Waals surface area contributed by atoms with Crippen molar-refractivity contribution in [2.45, 2.75) is 13.5 Å². The van der Waals surface area contributed by atoms with Gasteiger partial charge in [0.15, 0.2) is 11.5 Å². The van der Waals surface area contributed by atoms with E-state index in [2.05, 4.69) is 5.32 Å². The zero-order valence-electron chi connectivity index (χ0n) is 13.0. The van der Waals surface area contributed by atoms with Crippen LogP contribution in [0.2, 0.25) is 0 Å². The Morgan fingerprint density at radius 1 is 1.29 bits per heavy atom. The quantitative estimate of drug-likeness (QED) is 0.690. The smallest absolute Gasteiger partial charge is 0.214 e. The molecule has 0 aromatic heterocycles. The van der Waals surface area contributed by atoms with Gasteiger partial charge in [0.05, 0.1) is 19.5 Å². The molecule has 1 rings (SSSR count). The molecule has 0 aliphatic rings. The highest BCUT2D eigenvalue weighted by Gasteiger charge is 2.13. The van der Waals surface area contributed by atoms with Gasteiger partial charge in [-0.15, -0.1) is 0 Å². The number of nitrogens with zero attached hydrogens (tertiary/aromatic N) is 1. The minimum absolute atomic E-state index is 0.0630. The van der Waals surface area contributed by atoms with E-state index < -0.39 is 10.0 Å². The lowest BCUT2D eigenvalue weighted by Crippen LogP contribution is -2.31. The van der Waals surface area contributed by atoms with Gasteiger partial charge in [-0.2, -0.15) is 0 Å². The molecule has 0 spiro atoms. The normalized spacial score (nSPS) is 11.7. The fourth-order valence-corrected chi connectivity index (χ4v) is 2.58. The molecule has 1 N–H and O–H groups in total. The molecule has 0 radical (unpaired) electrons. The van der Waals surface area contributed by atoms with Gasteiger partial charge in [-0.25, -0.2) is 12.7 Å². The number of hydrogen-bond donors (Lipinski definition) is 1. The summed E-state index contributed by atoms with van der Waals surface area (Å²) in [5.74, 6) is 1.44. The van der Waals surface area contributed by atoms with Crippen LogP contribution < -0.4 is 14.8 Å². The second kappa shape index (κ2) is 8.21. The van der Waals surface area contributed by atoms with Gasteiger partial charge < -0.3 is 14.8 Å². The zero-order chi connectivity index (χ0) is 15.9. The standard InChI is InChI=1S/C14H24N2O4S/c1-5-20-13-8-6-7-12(14(13)19-4)11-15-9-10-21(17,18)16(2)3/h6-8,15H,5,9-11H2,1-4H3. The first kappa shape index (κ1) is 17.7.